The van der Waals surface area contributed by atoms with E-state index in [1.165, 1.54) is 23.1 Å². The molecule has 0 N–H and O–H groups in total. The van der Waals surface area contributed by atoms with Crippen LogP contribution < -0.4 is 4.90 Å². The van der Waals surface area contributed by atoms with Gasteiger partial charge in [0.05, 0.1) is 0 Å². The third-order valence-electron chi connectivity index (χ3n) is 2.06. The minimum atomic E-state index is 0.163. The monoisotopic (exact) mass is 239 g/mol. The molecule has 6 heteroatoms. The molecule has 0 amide bonds. The Labute approximate surface area is 95.9 Å². The van der Waals surface area contributed by atoms with Gasteiger partial charge in [-0.15, -0.1) is 11.3 Å². The molecule has 2 heterocycles. The summed E-state index contributed by atoms with van der Waals surface area (Å²) in [5.74, 6) is 0. The maximum absolute atomic E-state index is 10.8. The van der Waals surface area contributed by atoms with Crippen LogP contribution >= 0.6 is 23.1 Å². The molecule has 0 aliphatic carbocycles. The second-order valence-corrected chi connectivity index (χ2v) is 5.58. The Balaban J connectivity index is 1.89. The normalized spacial score (nSPS) is 15.9. The van der Waals surface area contributed by atoms with Crippen molar-refractivity contribution in [2.45, 2.75) is 12.2 Å². The highest BCUT2D eigenvalue weighted by Gasteiger charge is 2.30. The van der Waals surface area contributed by atoms with Crippen LogP contribution in [0.5, 0.6) is 0 Å². The van der Waals surface area contributed by atoms with Crippen LogP contribution in [0.2, 0.25) is 0 Å². The molecule has 2 rings (SSSR count). The summed E-state index contributed by atoms with van der Waals surface area (Å²) in [4.78, 5) is 17.1. The zero-order chi connectivity index (χ0) is 10.8. The first-order valence-corrected chi connectivity index (χ1v) is 6.23. The van der Waals surface area contributed by atoms with Crippen LogP contribution in [0.1, 0.15) is 12.6 Å². The Hall–Kier alpha value is -1.06. The van der Waals surface area contributed by atoms with Gasteiger partial charge in [0.25, 0.3) is 0 Å². The van der Waals surface area contributed by atoms with Gasteiger partial charge in [-0.1, -0.05) is 11.8 Å². The number of aromatic nitrogens is 1. The molecule has 1 aromatic rings. The first-order chi connectivity index (χ1) is 7.19. The quantitative estimate of drug-likeness (QED) is 0.782. The maximum atomic E-state index is 10.8. The third-order valence-corrected chi connectivity index (χ3v) is 3.92. The molecule has 1 aliphatic heterocycles. The summed E-state index contributed by atoms with van der Waals surface area (Å²) in [5.41, 5.74) is 0.470. The van der Waals surface area contributed by atoms with Gasteiger partial charge in [-0.2, -0.15) is 5.26 Å². The van der Waals surface area contributed by atoms with Gasteiger partial charge in [0, 0.05) is 30.6 Å². The van der Waals surface area contributed by atoms with Gasteiger partial charge in [-0.3, -0.25) is 4.79 Å². The molecule has 0 aromatic carbocycles. The standard InChI is InChI=1S/C9H9N3OS2/c1-6(13)15-8-3-12(4-8)9-11-7(2-10)5-14-9/h5,8H,3-4H2,1H3. The van der Waals surface area contributed by atoms with Gasteiger partial charge in [0.15, 0.2) is 15.9 Å². The zero-order valence-electron chi connectivity index (χ0n) is 8.14. The first-order valence-electron chi connectivity index (χ1n) is 4.47. The summed E-state index contributed by atoms with van der Waals surface area (Å²) in [6.45, 7) is 3.29. The second kappa shape index (κ2) is 4.21. The molecule has 4 nitrogen and oxygen atoms in total. The van der Waals surface area contributed by atoms with Gasteiger partial charge in [0.1, 0.15) is 6.07 Å². The van der Waals surface area contributed by atoms with E-state index in [0.717, 1.165) is 18.2 Å². The minimum Gasteiger partial charge on any atom is -0.346 e. The van der Waals surface area contributed by atoms with Crippen molar-refractivity contribution < 1.29 is 4.79 Å². The van der Waals surface area contributed by atoms with Crippen LogP contribution in [-0.4, -0.2) is 28.4 Å². The fourth-order valence-electron chi connectivity index (χ4n) is 1.36. The largest absolute Gasteiger partial charge is 0.346 e. The number of hydrogen-bond acceptors (Lipinski definition) is 6. The van der Waals surface area contributed by atoms with Crippen molar-refractivity contribution in [1.29, 1.82) is 5.26 Å². The fraction of sp³-hybridized carbons (Fsp3) is 0.444. The first kappa shape index (κ1) is 10.5. The van der Waals surface area contributed by atoms with Gasteiger partial charge in [-0.05, 0) is 0 Å². The fourth-order valence-corrected chi connectivity index (χ4v) is 3.11. The summed E-state index contributed by atoms with van der Waals surface area (Å²) < 4.78 is 0. The Morgan fingerprint density at radius 1 is 1.80 bits per heavy atom. The van der Waals surface area contributed by atoms with Gasteiger partial charge in [0.2, 0.25) is 0 Å². The summed E-state index contributed by atoms with van der Waals surface area (Å²) >= 11 is 2.86. The van der Waals surface area contributed by atoms with Crippen molar-refractivity contribution in [3.8, 4) is 6.07 Å². The third kappa shape index (κ3) is 2.30. The lowest BCUT2D eigenvalue weighted by Gasteiger charge is -2.37. The molecule has 0 bridgehead atoms. The van der Waals surface area contributed by atoms with E-state index in [-0.39, 0.29) is 5.12 Å². The Morgan fingerprint density at radius 2 is 2.53 bits per heavy atom. The van der Waals surface area contributed by atoms with Crippen molar-refractivity contribution in [3.63, 3.8) is 0 Å². The molecule has 0 saturated carbocycles. The molecule has 15 heavy (non-hydrogen) atoms. The second-order valence-electron chi connectivity index (χ2n) is 3.26. The minimum absolute atomic E-state index is 0.163. The van der Waals surface area contributed by atoms with E-state index in [0.29, 0.717) is 10.9 Å². The van der Waals surface area contributed by atoms with Crippen molar-refractivity contribution in [3.05, 3.63) is 11.1 Å². The van der Waals surface area contributed by atoms with E-state index in [1.807, 2.05) is 6.07 Å². The number of thioether (sulfide) groups is 1. The molecule has 1 aliphatic rings. The lowest BCUT2D eigenvalue weighted by atomic mass is 10.2. The predicted octanol–water partition coefficient (Wildman–Crippen LogP) is 1.48. The summed E-state index contributed by atoms with van der Waals surface area (Å²) in [5, 5.41) is 11.8. The Kier molecular flexibility index (Phi) is 2.93. The molecule has 0 unspecified atom stereocenters. The van der Waals surface area contributed by atoms with Crippen LogP contribution in [0.15, 0.2) is 5.38 Å². The Morgan fingerprint density at radius 3 is 3.07 bits per heavy atom. The molecular weight excluding hydrogens is 230 g/mol. The zero-order valence-corrected chi connectivity index (χ0v) is 9.77. The van der Waals surface area contributed by atoms with Crippen molar-refractivity contribution in [2.24, 2.45) is 0 Å². The average Bonchev–Trinajstić information content (AvgIpc) is 2.58. The van der Waals surface area contributed by atoms with Crippen molar-refractivity contribution in [2.75, 3.05) is 18.0 Å². The number of hydrogen-bond donors (Lipinski definition) is 0. The molecule has 78 valence electrons. The van der Waals surface area contributed by atoms with Crippen LogP contribution in [0, 0.1) is 11.3 Å². The number of rotatable bonds is 2. The van der Waals surface area contributed by atoms with E-state index in [9.17, 15) is 4.79 Å². The molecule has 1 fully saturated rings. The van der Waals surface area contributed by atoms with E-state index in [1.54, 1.807) is 12.3 Å². The SMILES string of the molecule is CC(=O)SC1CN(c2nc(C#N)cs2)C1. The van der Waals surface area contributed by atoms with Crippen molar-refractivity contribution in [1.82, 2.24) is 4.98 Å². The van der Waals surface area contributed by atoms with E-state index in [4.69, 9.17) is 5.26 Å². The lowest BCUT2D eigenvalue weighted by molar-refractivity contribution is -0.109. The number of nitriles is 1. The molecule has 1 aromatic heterocycles. The van der Waals surface area contributed by atoms with Crippen LogP contribution in [0.25, 0.3) is 0 Å². The van der Waals surface area contributed by atoms with Gasteiger partial charge < -0.3 is 4.90 Å². The van der Waals surface area contributed by atoms with Crippen LogP contribution in [0.4, 0.5) is 5.13 Å². The number of carbonyl (C=O) groups is 1. The Bertz CT molecular complexity index is 417. The number of carbonyl (C=O) groups excluding carboxylic acids is 1. The van der Waals surface area contributed by atoms with Gasteiger partial charge in [-0.25, -0.2) is 4.98 Å². The van der Waals surface area contributed by atoms with E-state index in [2.05, 4.69) is 9.88 Å². The predicted molar refractivity (Wildman–Crippen MR) is 61.1 cm³/mol. The molecular formula is C9H9N3OS2. The highest BCUT2D eigenvalue weighted by molar-refractivity contribution is 8.14. The van der Waals surface area contributed by atoms with E-state index >= 15 is 0 Å². The number of nitrogens with zero attached hydrogens (tertiary/aromatic N) is 3. The smallest absolute Gasteiger partial charge is 0.186 e. The number of anilines is 1. The summed E-state index contributed by atoms with van der Waals surface area (Å²) in [7, 11) is 0. The van der Waals surface area contributed by atoms with Gasteiger partial charge >= 0.3 is 0 Å². The highest BCUT2D eigenvalue weighted by atomic mass is 32.2. The lowest BCUT2D eigenvalue weighted by Crippen LogP contribution is -2.49. The summed E-state index contributed by atoms with van der Waals surface area (Å²) in [6.07, 6.45) is 0. The molecule has 0 radical (unpaired) electrons. The summed E-state index contributed by atoms with van der Waals surface area (Å²) in [6, 6.07) is 2.01. The molecule has 0 atom stereocenters. The maximum Gasteiger partial charge on any atom is 0.186 e. The highest BCUT2D eigenvalue weighted by Crippen LogP contribution is 2.30. The van der Waals surface area contributed by atoms with Crippen molar-refractivity contribution >= 4 is 33.3 Å². The average molecular weight is 239 g/mol. The van der Waals surface area contributed by atoms with Crippen LogP contribution in [0.3, 0.4) is 0 Å². The van der Waals surface area contributed by atoms with E-state index < -0.39 is 0 Å². The van der Waals surface area contributed by atoms with Crippen LogP contribution in [-0.2, 0) is 4.79 Å². The number of thiazole rings is 1. The topological polar surface area (TPSA) is 57.0 Å². The molecule has 1 saturated heterocycles. The molecule has 0 spiro atoms.